The van der Waals surface area contributed by atoms with Crippen LogP contribution in [0.25, 0.3) is 16.7 Å². The number of carbonyl (C=O) groups is 1. The number of esters is 1. The lowest BCUT2D eigenvalue weighted by Crippen LogP contribution is -2.17. The van der Waals surface area contributed by atoms with Gasteiger partial charge in [-0.1, -0.05) is 18.2 Å². The lowest BCUT2D eigenvalue weighted by Gasteiger charge is -2.13. The summed E-state index contributed by atoms with van der Waals surface area (Å²) in [4.78, 5) is 36.1. The Hall–Kier alpha value is -3.81. The van der Waals surface area contributed by atoms with Crippen molar-refractivity contribution in [2.24, 2.45) is 0 Å². The smallest absolute Gasteiger partial charge is 0.342 e. The monoisotopic (exact) mass is 375 g/mol. The first-order valence-electron chi connectivity index (χ1n) is 8.70. The van der Waals surface area contributed by atoms with Gasteiger partial charge in [0.2, 0.25) is 0 Å². The molecule has 4 aromatic rings. The molecular weight excluding hydrogens is 358 g/mol. The molecule has 8 heteroatoms. The van der Waals surface area contributed by atoms with E-state index >= 15 is 0 Å². The predicted octanol–water partition coefficient (Wildman–Crippen LogP) is 2.73. The molecule has 4 rings (SSSR count). The van der Waals surface area contributed by atoms with Crippen molar-refractivity contribution < 1.29 is 9.53 Å². The first-order valence-corrected chi connectivity index (χ1v) is 8.70. The lowest BCUT2D eigenvalue weighted by molar-refractivity contribution is 0.0319. The topological polar surface area (TPSA) is 103 Å². The fourth-order valence-corrected chi connectivity index (χ4v) is 2.90. The van der Waals surface area contributed by atoms with E-state index in [0.29, 0.717) is 28.0 Å². The second-order valence-corrected chi connectivity index (χ2v) is 6.26. The molecule has 0 saturated carbocycles. The summed E-state index contributed by atoms with van der Waals surface area (Å²) in [6.07, 6.45) is 2.36. The average molecular weight is 375 g/mol. The van der Waals surface area contributed by atoms with Crippen molar-refractivity contribution in [1.82, 2.24) is 24.7 Å². The number of benzene rings is 1. The van der Waals surface area contributed by atoms with E-state index in [4.69, 9.17) is 4.74 Å². The van der Waals surface area contributed by atoms with E-state index in [0.717, 1.165) is 0 Å². The van der Waals surface area contributed by atoms with Gasteiger partial charge in [-0.15, -0.1) is 0 Å². The van der Waals surface area contributed by atoms with Crippen LogP contribution in [0.4, 0.5) is 0 Å². The van der Waals surface area contributed by atoms with Crippen molar-refractivity contribution in [2.45, 2.75) is 20.0 Å². The largest absolute Gasteiger partial charge is 0.451 e. The summed E-state index contributed by atoms with van der Waals surface area (Å²) in [6.45, 7) is 3.42. The molecule has 0 aliphatic heterocycles. The Morgan fingerprint density at radius 2 is 1.96 bits per heavy atom. The number of hydrogen-bond acceptors (Lipinski definition) is 6. The number of nitrogens with zero attached hydrogens (tertiary/aromatic N) is 4. The molecule has 0 aliphatic carbocycles. The van der Waals surface area contributed by atoms with Crippen LogP contribution in [0, 0.1) is 6.92 Å². The molecule has 0 bridgehead atoms. The van der Waals surface area contributed by atoms with Crippen LogP contribution in [0.5, 0.6) is 0 Å². The number of carbonyl (C=O) groups excluding carboxylic acids is 1. The molecule has 0 fully saturated rings. The van der Waals surface area contributed by atoms with Crippen LogP contribution < -0.4 is 5.56 Å². The zero-order valence-electron chi connectivity index (χ0n) is 15.3. The van der Waals surface area contributed by atoms with Crippen molar-refractivity contribution in [2.75, 3.05) is 0 Å². The number of aromatic amines is 1. The molecule has 1 aromatic carbocycles. The molecule has 1 atom stereocenters. The van der Waals surface area contributed by atoms with Crippen LogP contribution in [0.1, 0.15) is 34.9 Å². The molecule has 8 nitrogen and oxygen atoms in total. The van der Waals surface area contributed by atoms with Crippen molar-refractivity contribution in [3.05, 3.63) is 82.3 Å². The number of fused-ring (bicyclic) bond motifs is 1. The maximum atomic E-state index is 12.6. The highest BCUT2D eigenvalue weighted by Gasteiger charge is 2.21. The summed E-state index contributed by atoms with van der Waals surface area (Å²) in [5.74, 6) is 0.336. The Labute approximate surface area is 159 Å². The van der Waals surface area contributed by atoms with E-state index in [2.05, 4.69) is 20.1 Å². The van der Waals surface area contributed by atoms with Gasteiger partial charge >= 0.3 is 5.97 Å². The van der Waals surface area contributed by atoms with Crippen molar-refractivity contribution in [3.63, 3.8) is 0 Å². The van der Waals surface area contributed by atoms with E-state index in [1.807, 2.05) is 6.07 Å². The van der Waals surface area contributed by atoms with Crippen LogP contribution in [0.3, 0.4) is 0 Å². The van der Waals surface area contributed by atoms with Gasteiger partial charge in [-0.25, -0.2) is 19.4 Å². The Kier molecular flexibility index (Phi) is 4.44. The minimum atomic E-state index is -0.734. The number of para-hydroxylation sites is 1. The molecule has 0 spiro atoms. The Bertz CT molecular complexity index is 1210. The number of hydrogen-bond donors (Lipinski definition) is 1. The van der Waals surface area contributed by atoms with Gasteiger partial charge in [0.25, 0.3) is 5.56 Å². The van der Waals surface area contributed by atoms with Crippen LogP contribution in [-0.2, 0) is 4.74 Å². The number of nitrogens with one attached hydrogen (secondary N) is 1. The molecule has 0 unspecified atom stereocenters. The Balaban J connectivity index is 1.59. The summed E-state index contributed by atoms with van der Waals surface area (Å²) in [6, 6.07) is 12.4. The van der Waals surface area contributed by atoms with E-state index in [-0.39, 0.29) is 11.4 Å². The SMILES string of the molecule is Cc1c(C(=O)O[C@@H](C)c2nc3ccccc3c(=O)[nH]2)cnn1-c1ccccn1. The number of pyridine rings is 1. The molecule has 0 amide bonds. The fourth-order valence-electron chi connectivity index (χ4n) is 2.90. The number of rotatable bonds is 4. The van der Waals surface area contributed by atoms with E-state index < -0.39 is 12.1 Å². The van der Waals surface area contributed by atoms with Gasteiger partial charge in [0.15, 0.2) is 17.7 Å². The third-order valence-electron chi connectivity index (χ3n) is 4.40. The molecule has 1 N–H and O–H groups in total. The van der Waals surface area contributed by atoms with Crippen molar-refractivity contribution >= 4 is 16.9 Å². The number of ether oxygens (including phenoxy) is 1. The summed E-state index contributed by atoms with van der Waals surface area (Å²) >= 11 is 0. The third-order valence-corrected chi connectivity index (χ3v) is 4.40. The minimum Gasteiger partial charge on any atom is -0.451 e. The van der Waals surface area contributed by atoms with Gasteiger partial charge in [0, 0.05) is 6.20 Å². The van der Waals surface area contributed by atoms with Gasteiger partial charge in [-0.3, -0.25) is 4.79 Å². The summed E-state index contributed by atoms with van der Waals surface area (Å²) in [7, 11) is 0. The first-order chi connectivity index (χ1) is 13.5. The maximum Gasteiger partial charge on any atom is 0.342 e. The zero-order valence-corrected chi connectivity index (χ0v) is 15.3. The average Bonchev–Trinajstić information content (AvgIpc) is 3.10. The van der Waals surface area contributed by atoms with Crippen LogP contribution >= 0.6 is 0 Å². The molecule has 0 aliphatic rings. The molecule has 3 aromatic heterocycles. The molecule has 0 radical (unpaired) electrons. The molecular formula is C20H17N5O3. The highest BCUT2D eigenvalue weighted by atomic mass is 16.5. The highest BCUT2D eigenvalue weighted by molar-refractivity contribution is 5.90. The number of H-pyrrole nitrogens is 1. The van der Waals surface area contributed by atoms with Crippen molar-refractivity contribution in [1.29, 1.82) is 0 Å². The van der Waals surface area contributed by atoms with E-state index in [1.54, 1.807) is 61.1 Å². The highest BCUT2D eigenvalue weighted by Crippen LogP contribution is 2.19. The van der Waals surface area contributed by atoms with Gasteiger partial charge in [0.1, 0.15) is 5.56 Å². The second-order valence-electron chi connectivity index (χ2n) is 6.26. The molecule has 140 valence electrons. The summed E-state index contributed by atoms with van der Waals surface area (Å²) < 4.78 is 7.08. The standard InChI is InChI=1S/C20H17N5O3/c1-12-15(11-22-25(12)17-9-5-6-10-21-17)20(27)28-13(2)18-23-16-8-4-3-7-14(16)19(26)24-18/h3-11,13H,1-2H3,(H,23,24,26)/t13-/m0/s1. The molecule has 3 heterocycles. The normalized spacial score (nSPS) is 12.1. The summed E-state index contributed by atoms with van der Waals surface area (Å²) in [5, 5.41) is 4.71. The van der Waals surface area contributed by atoms with E-state index in [9.17, 15) is 9.59 Å². The number of aromatic nitrogens is 5. The predicted molar refractivity (Wildman–Crippen MR) is 102 cm³/mol. The van der Waals surface area contributed by atoms with E-state index in [1.165, 1.54) is 6.20 Å². The van der Waals surface area contributed by atoms with Crippen LogP contribution in [-0.4, -0.2) is 30.7 Å². The molecule has 28 heavy (non-hydrogen) atoms. The van der Waals surface area contributed by atoms with Gasteiger partial charge in [-0.2, -0.15) is 5.10 Å². The second kappa shape index (κ2) is 7.07. The first kappa shape index (κ1) is 17.6. The van der Waals surface area contributed by atoms with Gasteiger partial charge in [-0.05, 0) is 38.1 Å². The minimum absolute atomic E-state index is 0.275. The molecule has 0 saturated heterocycles. The van der Waals surface area contributed by atoms with Crippen LogP contribution in [0.15, 0.2) is 59.7 Å². The van der Waals surface area contributed by atoms with Crippen molar-refractivity contribution in [3.8, 4) is 5.82 Å². The lowest BCUT2D eigenvalue weighted by atomic mass is 10.2. The maximum absolute atomic E-state index is 12.6. The van der Waals surface area contributed by atoms with Gasteiger partial charge < -0.3 is 9.72 Å². The van der Waals surface area contributed by atoms with Crippen LogP contribution in [0.2, 0.25) is 0 Å². The van der Waals surface area contributed by atoms with Gasteiger partial charge in [0.05, 0.1) is 22.8 Å². The quantitative estimate of drug-likeness (QED) is 0.550. The zero-order chi connectivity index (χ0) is 19.7. The Morgan fingerprint density at radius 3 is 2.75 bits per heavy atom. The summed E-state index contributed by atoms with van der Waals surface area (Å²) in [5.41, 5.74) is 1.20. The Morgan fingerprint density at radius 1 is 1.18 bits per heavy atom. The third kappa shape index (κ3) is 3.16. The fraction of sp³-hybridized carbons (Fsp3) is 0.150.